The average Bonchev–Trinajstić information content (AvgIpc) is 2.73. The molecule has 1 N–H and O–H groups in total. The molecule has 0 saturated carbocycles. The van der Waals surface area contributed by atoms with E-state index in [1.807, 2.05) is 41.8 Å². The van der Waals surface area contributed by atoms with Gasteiger partial charge in [0, 0.05) is 23.6 Å². The first kappa shape index (κ1) is 18.7. The van der Waals surface area contributed by atoms with Gasteiger partial charge in [-0.2, -0.15) is 0 Å². The molecular formula is C23H20FN3O2. The van der Waals surface area contributed by atoms with Crippen LogP contribution in [0.2, 0.25) is 0 Å². The summed E-state index contributed by atoms with van der Waals surface area (Å²) in [4.78, 5) is 17.2. The molecule has 2 aromatic heterocycles. The zero-order chi connectivity index (χ0) is 20.2. The summed E-state index contributed by atoms with van der Waals surface area (Å²) in [6.07, 6.45) is 2.43. The zero-order valence-electron chi connectivity index (χ0n) is 15.9. The molecule has 4 aromatic rings. The first-order valence-corrected chi connectivity index (χ1v) is 9.43. The van der Waals surface area contributed by atoms with Crippen molar-refractivity contribution in [2.45, 2.75) is 13.3 Å². The second-order valence-electron chi connectivity index (χ2n) is 6.56. The van der Waals surface area contributed by atoms with Gasteiger partial charge in [-0.15, -0.1) is 0 Å². The molecule has 2 heterocycles. The van der Waals surface area contributed by atoms with E-state index in [-0.39, 0.29) is 11.2 Å². The molecule has 2 aromatic carbocycles. The van der Waals surface area contributed by atoms with E-state index in [0.717, 1.165) is 12.1 Å². The van der Waals surface area contributed by atoms with Gasteiger partial charge < -0.3 is 10.1 Å². The molecule has 0 bridgehead atoms. The molecule has 146 valence electrons. The number of nitrogens with zero attached hydrogens (tertiary/aromatic N) is 2. The minimum atomic E-state index is -0.358. The SMILES string of the molecule is CCCOc1nccc2c1c(=O)cc(Nc1cccc(F)c1)n2-c1ccccc1. The van der Waals surface area contributed by atoms with Crippen molar-refractivity contribution in [3.63, 3.8) is 0 Å². The smallest absolute Gasteiger partial charge is 0.226 e. The van der Waals surface area contributed by atoms with Crippen LogP contribution < -0.4 is 15.5 Å². The fourth-order valence-electron chi connectivity index (χ4n) is 3.21. The molecule has 0 aliphatic carbocycles. The van der Waals surface area contributed by atoms with Crippen LogP contribution >= 0.6 is 0 Å². The third kappa shape index (κ3) is 3.82. The number of benzene rings is 2. The summed E-state index contributed by atoms with van der Waals surface area (Å²) in [7, 11) is 0. The molecule has 0 spiro atoms. The Morgan fingerprint density at radius 1 is 1.07 bits per heavy atom. The van der Waals surface area contributed by atoms with Crippen LogP contribution in [0.5, 0.6) is 5.88 Å². The third-order valence-corrected chi connectivity index (χ3v) is 4.44. The van der Waals surface area contributed by atoms with E-state index >= 15 is 0 Å². The Morgan fingerprint density at radius 2 is 1.90 bits per heavy atom. The van der Waals surface area contributed by atoms with Gasteiger partial charge in [0.1, 0.15) is 17.0 Å². The first-order chi connectivity index (χ1) is 14.2. The lowest BCUT2D eigenvalue weighted by Gasteiger charge is -2.19. The van der Waals surface area contributed by atoms with Gasteiger partial charge in [0.05, 0.1) is 12.1 Å². The van der Waals surface area contributed by atoms with Crippen LogP contribution in [0.15, 0.2) is 77.7 Å². The van der Waals surface area contributed by atoms with E-state index in [0.29, 0.717) is 34.9 Å². The van der Waals surface area contributed by atoms with Gasteiger partial charge in [-0.3, -0.25) is 9.36 Å². The lowest BCUT2D eigenvalue weighted by atomic mass is 10.2. The number of nitrogens with one attached hydrogen (secondary N) is 1. The maximum atomic E-state index is 13.7. The third-order valence-electron chi connectivity index (χ3n) is 4.44. The van der Waals surface area contributed by atoms with E-state index in [9.17, 15) is 9.18 Å². The Bertz CT molecular complexity index is 1210. The summed E-state index contributed by atoms with van der Waals surface area (Å²) in [5.74, 6) is 0.479. The van der Waals surface area contributed by atoms with Gasteiger partial charge in [0.25, 0.3) is 0 Å². The molecule has 5 nitrogen and oxygen atoms in total. The molecule has 0 aliphatic rings. The molecule has 0 radical (unpaired) electrons. The van der Waals surface area contributed by atoms with E-state index in [1.54, 1.807) is 24.4 Å². The van der Waals surface area contributed by atoms with Crippen molar-refractivity contribution < 1.29 is 9.13 Å². The van der Waals surface area contributed by atoms with Crippen molar-refractivity contribution in [3.8, 4) is 11.6 Å². The topological polar surface area (TPSA) is 56.1 Å². The maximum absolute atomic E-state index is 13.7. The van der Waals surface area contributed by atoms with Crippen LogP contribution in [0.25, 0.3) is 16.6 Å². The van der Waals surface area contributed by atoms with E-state index in [4.69, 9.17) is 4.74 Å². The van der Waals surface area contributed by atoms with Crippen LogP contribution in [0.1, 0.15) is 13.3 Å². The second kappa shape index (κ2) is 8.14. The van der Waals surface area contributed by atoms with Gasteiger partial charge in [0.2, 0.25) is 5.88 Å². The Morgan fingerprint density at radius 3 is 2.66 bits per heavy atom. The number of fused-ring (bicyclic) bond motifs is 1. The molecule has 0 aliphatic heterocycles. The van der Waals surface area contributed by atoms with Crippen LogP contribution in [-0.4, -0.2) is 16.2 Å². The molecule has 0 saturated heterocycles. The lowest BCUT2D eigenvalue weighted by molar-refractivity contribution is 0.309. The summed E-state index contributed by atoms with van der Waals surface area (Å²) in [6.45, 7) is 2.47. The number of para-hydroxylation sites is 1. The summed E-state index contributed by atoms with van der Waals surface area (Å²) in [5, 5.41) is 3.58. The average molecular weight is 389 g/mol. The highest BCUT2D eigenvalue weighted by Gasteiger charge is 2.16. The minimum absolute atomic E-state index is 0.217. The molecule has 6 heteroatoms. The summed E-state index contributed by atoms with van der Waals surface area (Å²) >= 11 is 0. The fourth-order valence-corrected chi connectivity index (χ4v) is 3.21. The van der Waals surface area contributed by atoms with Crippen molar-refractivity contribution in [3.05, 3.63) is 89.0 Å². The number of rotatable bonds is 6. The number of aromatic nitrogens is 2. The van der Waals surface area contributed by atoms with Gasteiger partial charge >= 0.3 is 0 Å². The van der Waals surface area contributed by atoms with E-state index < -0.39 is 0 Å². The quantitative estimate of drug-likeness (QED) is 0.501. The highest BCUT2D eigenvalue weighted by atomic mass is 19.1. The Balaban J connectivity index is 1.97. The first-order valence-electron chi connectivity index (χ1n) is 9.43. The standard InChI is InChI=1S/C23H20FN3O2/c1-2-13-29-23-22-19(11-12-25-23)27(18-9-4-3-5-10-18)21(15-20(22)28)26-17-8-6-7-16(24)14-17/h3-12,14-15,26H,2,13H2,1H3. The van der Waals surface area contributed by atoms with Gasteiger partial charge in [-0.05, 0) is 42.8 Å². The van der Waals surface area contributed by atoms with Crippen molar-refractivity contribution in [2.75, 3.05) is 11.9 Å². The Labute approximate surface area is 167 Å². The van der Waals surface area contributed by atoms with Crippen LogP contribution in [-0.2, 0) is 0 Å². The maximum Gasteiger partial charge on any atom is 0.226 e. The number of hydrogen-bond acceptors (Lipinski definition) is 4. The number of halogens is 1. The van der Waals surface area contributed by atoms with Crippen molar-refractivity contribution in [2.24, 2.45) is 0 Å². The predicted octanol–water partition coefficient (Wildman–Crippen LogP) is 5.06. The molecule has 0 amide bonds. The summed E-state index contributed by atoms with van der Waals surface area (Å²) < 4.78 is 21.3. The minimum Gasteiger partial charge on any atom is -0.477 e. The largest absolute Gasteiger partial charge is 0.477 e. The Kier molecular flexibility index (Phi) is 5.24. The highest BCUT2D eigenvalue weighted by Crippen LogP contribution is 2.28. The molecule has 29 heavy (non-hydrogen) atoms. The fraction of sp³-hybridized carbons (Fsp3) is 0.130. The van der Waals surface area contributed by atoms with Crippen LogP contribution in [0.3, 0.4) is 0 Å². The van der Waals surface area contributed by atoms with Gasteiger partial charge in [0.15, 0.2) is 5.43 Å². The van der Waals surface area contributed by atoms with Gasteiger partial charge in [-0.1, -0.05) is 31.2 Å². The monoisotopic (exact) mass is 389 g/mol. The number of pyridine rings is 2. The number of ether oxygens (including phenoxy) is 1. The molecule has 0 fully saturated rings. The zero-order valence-corrected chi connectivity index (χ0v) is 15.9. The highest BCUT2D eigenvalue weighted by molar-refractivity contribution is 5.87. The molecular weight excluding hydrogens is 369 g/mol. The van der Waals surface area contributed by atoms with Gasteiger partial charge in [-0.25, -0.2) is 9.37 Å². The molecule has 4 rings (SSSR count). The predicted molar refractivity (Wildman–Crippen MR) is 113 cm³/mol. The van der Waals surface area contributed by atoms with Crippen molar-refractivity contribution in [1.29, 1.82) is 0 Å². The number of anilines is 2. The van der Waals surface area contributed by atoms with Crippen LogP contribution in [0, 0.1) is 5.82 Å². The van der Waals surface area contributed by atoms with Crippen molar-refractivity contribution in [1.82, 2.24) is 9.55 Å². The molecule has 0 unspecified atom stereocenters. The van der Waals surface area contributed by atoms with Crippen molar-refractivity contribution >= 4 is 22.4 Å². The number of hydrogen-bond donors (Lipinski definition) is 1. The van der Waals surface area contributed by atoms with E-state index in [2.05, 4.69) is 10.3 Å². The summed E-state index contributed by atoms with van der Waals surface area (Å²) in [5.41, 5.74) is 1.84. The normalized spacial score (nSPS) is 10.8. The van der Waals surface area contributed by atoms with E-state index in [1.165, 1.54) is 18.2 Å². The Hall–Kier alpha value is -3.67. The molecule has 0 atom stereocenters. The summed E-state index contributed by atoms with van der Waals surface area (Å²) in [6, 6.07) is 19.0. The lowest BCUT2D eigenvalue weighted by Crippen LogP contribution is -2.14. The second-order valence-corrected chi connectivity index (χ2v) is 6.56. The van der Waals surface area contributed by atoms with Crippen LogP contribution in [0.4, 0.5) is 15.9 Å².